The summed E-state index contributed by atoms with van der Waals surface area (Å²) >= 11 is 0. The van der Waals surface area contributed by atoms with E-state index in [4.69, 9.17) is 14.2 Å². The van der Waals surface area contributed by atoms with Crippen LogP contribution in [0.4, 0.5) is 0 Å². The van der Waals surface area contributed by atoms with Gasteiger partial charge in [0.1, 0.15) is 0 Å². The number of carbonyl (C=O) groups excluding carboxylic acids is 2. The molecule has 9 heteroatoms. The van der Waals surface area contributed by atoms with Crippen LogP contribution >= 0.6 is 0 Å². The third-order valence-electron chi connectivity index (χ3n) is 6.37. The number of amides is 2. The molecule has 0 atom stereocenters. The Bertz CT molecular complexity index is 766. The highest BCUT2D eigenvalue weighted by molar-refractivity contribution is 5.96. The Kier molecular flexibility index (Phi) is 9.62. The van der Waals surface area contributed by atoms with Gasteiger partial charge in [0.25, 0.3) is 5.91 Å². The summed E-state index contributed by atoms with van der Waals surface area (Å²) in [5.41, 5.74) is 0.459. The van der Waals surface area contributed by atoms with E-state index in [9.17, 15) is 9.59 Å². The molecule has 0 radical (unpaired) electrons. The Morgan fingerprint density at radius 3 is 2.15 bits per heavy atom. The van der Waals surface area contributed by atoms with E-state index in [0.29, 0.717) is 55.4 Å². The maximum Gasteiger partial charge on any atom is 0.254 e. The van der Waals surface area contributed by atoms with Gasteiger partial charge in [-0.15, -0.1) is 0 Å². The molecular weight excluding hydrogens is 424 g/mol. The van der Waals surface area contributed by atoms with Crippen LogP contribution in [0.15, 0.2) is 12.1 Å². The van der Waals surface area contributed by atoms with Crippen molar-refractivity contribution in [1.29, 1.82) is 0 Å². The molecule has 1 aromatic carbocycles. The minimum Gasteiger partial charge on any atom is -0.493 e. The molecule has 0 unspecified atom stereocenters. The number of ether oxygens (including phenoxy) is 3. The highest BCUT2D eigenvalue weighted by Crippen LogP contribution is 2.38. The number of methoxy groups -OCH3 is 3. The third-order valence-corrected chi connectivity index (χ3v) is 6.37. The predicted octanol–water partition coefficient (Wildman–Crippen LogP) is 1.46. The monoisotopic (exact) mass is 462 g/mol. The number of likely N-dealkylation sites (tertiary alicyclic amines) is 1. The van der Waals surface area contributed by atoms with Crippen LogP contribution in [0.5, 0.6) is 17.2 Å². The van der Waals surface area contributed by atoms with Gasteiger partial charge in [-0.2, -0.15) is 0 Å². The molecule has 2 heterocycles. The van der Waals surface area contributed by atoms with Gasteiger partial charge in [-0.25, -0.2) is 0 Å². The summed E-state index contributed by atoms with van der Waals surface area (Å²) in [4.78, 5) is 32.4. The Morgan fingerprint density at radius 2 is 1.58 bits per heavy atom. The van der Waals surface area contributed by atoms with Crippen molar-refractivity contribution in [3.8, 4) is 17.2 Å². The molecule has 3 rings (SSSR count). The molecule has 2 amide bonds. The fourth-order valence-corrected chi connectivity index (χ4v) is 4.50. The maximum atomic E-state index is 13.5. The Balaban J connectivity index is 1.71. The van der Waals surface area contributed by atoms with Crippen LogP contribution in [0.3, 0.4) is 0 Å². The van der Waals surface area contributed by atoms with Gasteiger partial charge in [-0.3, -0.25) is 9.59 Å². The normalized spacial score (nSPS) is 16.5. The molecule has 1 aromatic rings. The molecule has 184 valence electrons. The van der Waals surface area contributed by atoms with E-state index in [-0.39, 0.29) is 11.8 Å². The number of benzene rings is 1. The molecule has 0 bridgehead atoms. The van der Waals surface area contributed by atoms with E-state index < -0.39 is 0 Å². The van der Waals surface area contributed by atoms with Crippen LogP contribution in [0.25, 0.3) is 0 Å². The number of hydrogen-bond donors (Lipinski definition) is 1. The lowest BCUT2D eigenvalue weighted by atomic mass is 10.1. The lowest BCUT2D eigenvalue weighted by Gasteiger charge is -2.29. The number of hydrogen-bond acceptors (Lipinski definition) is 7. The number of piperazine rings is 1. The lowest BCUT2D eigenvalue weighted by Crippen LogP contribution is -2.47. The van der Waals surface area contributed by atoms with Crippen molar-refractivity contribution in [2.24, 2.45) is 0 Å². The highest BCUT2D eigenvalue weighted by atomic mass is 16.5. The predicted molar refractivity (Wildman–Crippen MR) is 126 cm³/mol. The SMILES string of the molecule is COc1cc(C(=O)N(CCCN2CCCC2)CCC(=O)N2CCNCC2)cc(OC)c1OC. The first-order valence-electron chi connectivity index (χ1n) is 11.9. The fraction of sp³-hybridized carbons (Fsp3) is 0.667. The standard InChI is InChI=1S/C24H38N4O5/c1-31-20-17-19(18-21(32-2)23(20)33-3)24(30)28(13-6-12-26-10-4-5-11-26)14-7-22(29)27-15-8-25-9-16-27/h17-18,25H,4-16H2,1-3H3. The molecule has 2 aliphatic rings. The summed E-state index contributed by atoms with van der Waals surface area (Å²) in [6.45, 7) is 7.27. The van der Waals surface area contributed by atoms with Gasteiger partial charge >= 0.3 is 0 Å². The second-order valence-electron chi connectivity index (χ2n) is 8.49. The van der Waals surface area contributed by atoms with Crippen molar-refractivity contribution in [3.05, 3.63) is 17.7 Å². The van der Waals surface area contributed by atoms with E-state index in [2.05, 4.69) is 10.2 Å². The molecule has 0 spiro atoms. The van der Waals surface area contributed by atoms with Gasteiger partial charge in [0.05, 0.1) is 21.3 Å². The molecule has 2 aliphatic heterocycles. The quantitative estimate of drug-likeness (QED) is 0.533. The molecule has 1 N–H and O–H groups in total. The number of nitrogens with one attached hydrogen (secondary N) is 1. The molecule has 0 aliphatic carbocycles. The van der Waals surface area contributed by atoms with Gasteiger partial charge in [-0.1, -0.05) is 0 Å². The Hall–Kier alpha value is -2.52. The van der Waals surface area contributed by atoms with Crippen molar-refractivity contribution in [1.82, 2.24) is 20.0 Å². The summed E-state index contributed by atoms with van der Waals surface area (Å²) in [7, 11) is 4.60. The Labute approximate surface area is 196 Å². The Morgan fingerprint density at radius 1 is 0.939 bits per heavy atom. The van der Waals surface area contributed by atoms with E-state index in [1.807, 2.05) is 4.90 Å². The second kappa shape index (κ2) is 12.6. The average molecular weight is 463 g/mol. The molecule has 33 heavy (non-hydrogen) atoms. The van der Waals surface area contributed by atoms with Gasteiger partial charge in [-0.05, 0) is 51.0 Å². The van der Waals surface area contributed by atoms with Crippen molar-refractivity contribution < 1.29 is 23.8 Å². The molecular formula is C24H38N4O5. The van der Waals surface area contributed by atoms with Crippen LogP contribution < -0.4 is 19.5 Å². The molecule has 2 saturated heterocycles. The van der Waals surface area contributed by atoms with Gasteiger partial charge in [0.2, 0.25) is 11.7 Å². The van der Waals surface area contributed by atoms with Crippen molar-refractivity contribution >= 4 is 11.8 Å². The van der Waals surface area contributed by atoms with Crippen molar-refractivity contribution in [2.45, 2.75) is 25.7 Å². The third kappa shape index (κ3) is 6.74. The number of carbonyl (C=O) groups is 2. The molecule has 0 saturated carbocycles. The summed E-state index contributed by atoms with van der Waals surface area (Å²) in [6.07, 6.45) is 3.68. The lowest BCUT2D eigenvalue weighted by molar-refractivity contribution is -0.131. The van der Waals surface area contributed by atoms with E-state index in [1.165, 1.54) is 34.2 Å². The first-order chi connectivity index (χ1) is 16.1. The average Bonchev–Trinajstić information content (AvgIpc) is 3.38. The van der Waals surface area contributed by atoms with E-state index >= 15 is 0 Å². The number of nitrogens with zero attached hydrogens (tertiary/aromatic N) is 3. The largest absolute Gasteiger partial charge is 0.493 e. The van der Waals surface area contributed by atoms with Crippen LogP contribution in [0, 0.1) is 0 Å². The molecule has 2 fully saturated rings. The molecule has 9 nitrogen and oxygen atoms in total. The topological polar surface area (TPSA) is 83.6 Å². The van der Waals surface area contributed by atoms with Gasteiger partial charge in [0, 0.05) is 51.3 Å². The maximum absolute atomic E-state index is 13.5. The zero-order valence-corrected chi connectivity index (χ0v) is 20.2. The van der Waals surface area contributed by atoms with Crippen LogP contribution in [-0.2, 0) is 4.79 Å². The molecule has 0 aromatic heterocycles. The summed E-state index contributed by atoms with van der Waals surface area (Å²) in [6, 6.07) is 3.35. The zero-order valence-electron chi connectivity index (χ0n) is 20.2. The second-order valence-corrected chi connectivity index (χ2v) is 8.49. The summed E-state index contributed by atoms with van der Waals surface area (Å²) < 4.78 is 16.2. The van der Waals surface area contributed by atoms with Crippen molar-refractivity contribution in [2.75, 3.05) is 80.2 Å². The minimum atomic E-state index is -0.135. The fourth-order valence-electron chi connectivity index (χ4n) is 4.50. The van der Waals surface area contributed by atoms with Crippen molar-refractivity contribution in [3.63, 3.8) is 0 Å². The number of rotatable bonds is 11. The van der Waals surface area contributed by atoms with Crippen LogP contribution in [-0.4, -0.2) is 107 Å². The summed E-state index contributed by atoms with van der Waals surface area (Å²) in [5.74, 6) is 1.29. The smallest absolute Gasteiger partial charge is 0.254 e. The van der Waals surface area contributed by atoms with E-state index in [0.717, 1.165) is 39.1 Å². The first-order valence-corrected chi connectivity index (χ1v) is 11.9. The van der Waals surface area contributed by atoms with Gasteiger partial charge < -0.3 is 34.2 Å². The van der Waals surface area contributed by atoms with Crippen LogP contribution in [0.1, 0.15) is 36.0 Å². The highest BCUT2D eigenvalue weighted by Gasteiger charge is 2.24. The van der Waals surface area contributed by atoms with E-state index in [1.54, 1.807) is 17.0 Å². The van der Waals surface area contributed by atoms with Gasteiger partial charge in [0.15, 0.2) is 11.5 Å². The minimum absolute atomic E-state index is 0.0961. The first kappa shape index (κ1) is 25.1. The summed E-state index contributed by atoms with van der Waals surface area (Å²) in [5, 5.41) is 3.26. The van der Waals surface area contributed by atoms with Crippen LogP contribution in [0.2, 0.25) is 0 Å². The zero-order chi connectivity index (χ0) is 23.6.